The average molecular weight is 763 g/mol. The molecule has 0 spiro atoms. The Kier molecular flexibility index (Phi) is 15.2. The zero-order valence-electron chi connectivity index (χ0n) is 25.7. The fourth-order valence-corrected chi connectivity index (χ4v) is 4.19. The summed E-state index contributed by atoms with van der Waals surface area (Å²) in [7, 11) is 0. The van der Waals surface area contributed by atoms with E-state index >= 15 is 0 Å². The summed E-state index contributed by atoms with van der Waals surface area (Å²) in [6.07, 6.45) is -10.5. The molecule has 6 bridgehead atoms. The molecule has 22 heteroatoms. The van der Waals surface area contributed by atoms with Crippen LogP contribution >= 0.6 is 11.6 Å². The number of aliphatic carboxylic acids is 3. The molecule has 0 amide bonds. The average Bonchev–Trinajstić information content (AvgIpc) is 3.54. The van der Waals surface area contributed by atoms with E-state index in [0.717, 1.165) is 43.9 Å². The molecule has 3 aromatic rings. The number of aromatic nitrogens is 2. The molecule has 280 valence electrons. The van der Waals surface area contributed by atoms with E-state index in [1.165, 1.54) is 23.1 Å². The Morgan fingerprint density at radius 1 is 0.824 bits per heavy atom. The van der Waals surface area contributed by atoms with Gasteiger partial charge in [0.25, 0.3) is 0 Å². The molecule has 0 saturated carbocycles. The molecule has 2 aliphatic rings. The van der Waals surface area contributed by atoms with Gasteiger partial charge in [-0.1, -0.05) is 29.8 Å². The summed E-state index contributed by atoms with van der Waals surface area (Å²) in [5, 5.41) is 35.6. The lowest BCUT2D eigenvalue weighted by Crippen LogP contribution is -2.30. The number of carbonyl (C=O) groups is 3. The van der Waals surface area contributed by atoms with Gasteiger partial charge in [0.15, 0.2) is 5.82 Å². The minimum absolute atomic E-state index is 0.491. The van der Waals surface area contributed by atoms with Crippen LogP contribution in [0.15, 0.2) is 48.7 Å². The highest BCUT2D eigenvalue weighted by Crippen LogP contribution is 2.28. The monoisotopic (exact) mass is 762 g/mol. The number of nitrogens with zero attached hydrogens (tertiary/aromatic N) is 2. The molecular formula is C29H28ClF9N6O6. The third-order valence-corrected chi connectivity index (χ3v) is 6.72. The number of carboxylic acids is 3. The van der Waals surface area contributed by atoms with E-state index in [-0.39, 0.29) is 0 Å². The van der Waals surface area contributed by atoms with E-state index in [4.69, 9.17) is 41.3 Å². The van der Waals surface area contributed by atoms with E-state index in [2.05, 4.69) is 67.6 Å². The van der Waals surface area contributed by atoms with Crippen LogP contribution in [0.2, 0.25) is 5.02 Å². The van der Waals surface area contributed by atoms with Gasteiger partial charge in [-0.3, -0.25) is 0 Å². The van der Waals surface area contributed by atoms with Crippen molar-refractivity contribution in [2.24, 2.45) is 0 Å². The van der Waals surface area contributed by atoms with E-state index in [1.807, 2.05) is 6.07 Å². The van der Waals surface area contributed by atoms with Gasteiger partial charge in [-0.15, -0.1) is 0 Å². The highest BCUT2D eigenvalue weighted by Gasteiger charge is 2.39. The third kappa shape index (κ3) is 15.3. The van der Waals surface area contributed by atoms with Crippen molar-refractivity contribution in [1.82, 2.24) is 20.6 Å². The zero-order chi connectivity index (χ0) is 38.6. The van der Waals surface area contributed by atoms with E-state index < -0.39 is 36.4 Å². The number of benzene rings is 2. The fourth-order valence-electron chi connectivity index (χ4n) is 4.06. The van der Waals surface area contributed by atoms with Crippen LogP contribution in [0.3, 0.4) is 0 Å². The summed E-state index contributed by atoms with van der Waals surface area (Å²) in [6, 6.07) is 15.5. The summed E-state index contributed by atoms with van der Waals surface area (Å²) >= 11 is 6.36. The smallest absolute Gasteiger partial charge is 0.475 e. The Morgan fingerprint density at radius 2 is 1.39 bits per heavy atom. The molecule has 0 aliphatic carbocycles. The van der Waals surface area contributed by atoms with Crippen LogP contribution in [0.1, 0.15) is 23.1 Å². The Bertz CT molecular complexity index is 1600. The molecule has 7 N–H and O–H groups in total. The molecular weight excluding hydrogens is 735 g/mol. The molecule has 2 aromatic carbocycles. The third-order valence-electron chi connectivity index (χ3n) is 6.45. The Balaban J connectivity index is 0.000000352. The van der Waals surface area contributed by atoms with Crippen LogP contribution in [0, 0.1) is 0 Å². The van der Waals surface area contributed by atoms with E-state index in [0.29, 0.717) is 22.8 Å². The first kappa shape index (κ1) is 42.3. The van der Waals surface area contributed by atoms with Gasteiger partial charge in [0, 0.05) is 30.5 Å². The molecule has 1 saturated heterocycles. The zero-order valence-corrected chi connectivity index (χ0v) is 26.4. The first-order chi connectivity index (χ1) is 23.6. The van der Waals surface area contributed by atoms with E-state index in [1.54, 1.807) is 6.20 Å². The van der Waals surface area contributed by atoms with Gasteiger partial charge in [0.05, 0.1) is 6.20 Å². The van der Waals surface area contributed by atoms with Crippen LogP contribution in [0.25, 0.3) is 0 Å². The second kappa shape index (κ2) is 18.4. The molecule has 2 aliphatic heterocycles. The second-order valence-electron chi connectivity index (χ2n) is 10.3. The topological polar surface area (TPSA) is 186 Å². The summed E-state index contributed by atoms with van der Waals surface area (Å²) in [5.74, 6) is -7.16. The van der Waals surface area contributed by atoms with Gasteiger partial charge < -0.3 is 36.6 Å². The summed E-state index contributed by atoms with van der Waals surface area (Å²) in [4.78, 5) is 35.6. The van der Waals surface area contributed by atoms with Crippen LogP contribution in [0.5, 0.6) is 0 Å². The summed E-state index contributed by atoms with van der Waals surface area (Å²) in [5.41, 5.74) is 5.91. The van der Waals surface area contributed by atoms with Crippen molar-refractivity contribution in [3.63, 3.8) is 0 Å². The standard InChI is InChI=1S/C23H25ClN6.3C2HF3O2/c24-21-14-27-23-29-18-3-1-2-15(10-18)4-5-16-11-19(28-22(21)30-23)7-6-17(16)12-26-20-8-9-25-13-20;3*3-2(4,5)1(6)7/h1-3,6-7,10-11,14,20,25-26H,4-5,8-9,12-13H2,(H2,27,28,29,30);3*(H,6,7)/t20-;;;/m1.../s1. The van der Waals surface area contributed by atoms with E-state index in [9.17, 15) is 39.5 Å². The summed E-state index contributed by atoms with van der Waals surface area (Å²) in [6.45, 7) is 3.02. The van der Waals surface area contributed by atoms with Crippen molar-refractivity contribution in [2.45, 2.75) is 50.4 Å². The molecule has 12 nitrogen and oxygen atoms in total. The maximum absolute atomic E-state index is 10.6. The van der Waals surface area contributed by atoms with Crippen LogP contribution < -0.4 is 21.3 Å². The number of halogens is 10. The first-order valence-corrected chi connectivity index (χ1v) is 14.6. The lowest BCUT2D eigenvalue weighted by atomic mass is 9.98. The fraction of sp³-hybridized carbons (Fsp3) is 0.345. The molecule has 1 atom stereocenters. The van der Waals surface area contributed by atoms with Crippen molar-refractivity contribution in [2.75, 3.05) is 23.7 Å². The lowest BCUT2D eigenvalue weighted by Gasteiger charge is -2.16. The van der Waals surface area contributed by atoms with Gasteiger partial charge >= 0.3 is 36.4 Å². The second-order valence-corrected chi connectivity index (χ2v) is 10.7. The van der Waals surface area contributed by atoms with Gasteiger partial charge in [-0.2, -0.15) is 44.5 Å². The number of carboxylic acid groups (broad SMARTS) is 3. The predicted molar refractivity (Wildman–Crippen MR) is 163 cm³/mol. The normalized spacial score (nSPS) is 15.1. The largest absolute Gasteiger partial charge is 0.490 e. The molecule has 51 heavy (non-hydrogen) atoms. The SMILES string of the molecule is Clc1cnc2nc1Nc1ccc(CN[C@@H]3CCNC3)c(c1)CCc1cccc(c1)N2.O=C(O)C(F)(F)F.O=C(O)C(F)(F)F.O=C(O)C(F)(F)F. The quantitative estimate of drug-likeness (QED) is 0.153. The number of anilines is 4. The number of alkyl halides is 9. The van der Waals surface area contributed by atoms with Crippen molar-refractivity contribution in [1.29, 1.82) is 0 Å². The van der Waals surface area contributed by atoms with Crippen molar-refractivity contribution in [3.8, 4) is 0 Å². The molecule has 3 heterocycles. The molecule has 1 fully saturated rings. The van der Waals surface area contributed by atoms with Crippen LogP contribution in [0.4, 0.5) is 62.7 Å². The minimum atomic E-state index is -5.08. The first-order valence-electron chi connectivity index (χ1n) is 14.2. The lowest BCUT2D eigenvalue weighted by molar-refractivity contribution is -0.193. The van der Waals surface area contributed by atoms with Crippen LogP contribution in [-0.4, -0.2) is 80.9 Å². The number of rotatable bonds is 3. The molecule has 1 aromatic heterocycles. The van der Waals surface area contributed by atoms with Gasteiger partial charge in [0.2, 0.25) is 5.95 Å². The maximum Gasteiger partial charge on any atom is 0.490 e. The number of aryl methyl sites for hydroxylation is 2. The highest BCUT2D eigenvalue weighted by molar-refractivity contribution is 6.32. The summed E-state index contributed by atoms with van der Waals surface area (Å²) < 4.78 is 95.2. The molecule has 5 rings (SSSR count). The van der Waals surface area contributed by atoms with Gasteiger partial charge in [0.1, 0.15) is 5.02 Å². The van der Waals surface area contributed by atoms with Crippen LogP contribution in [-0.2, 0) is 33.8 Å². The van der Waals surface area contributed by atoms with Crippen molar-refractivity contribution >= 4 is 52.6 Å². The Labute approximate surface area is 287 Å². The maximum atomic E-state index is 10.6. The number of hydrogen-bond acceptors (Lipinski definition) is 9. The molecule has 0 unspecified atom stereocenters. The van der Waals surface area contributed by atoms with Crippen molar-refractivity contribution < 1.29 is 69.2 Å². The molecule has 0 radical (unpaired) electrons. The minimum Gasteiger partial charge on any atom is -0.475 e. The number of nitrogens with one attached hydrogen (secondary N) is 4. The Hall–Kier alpha value is -4.89. The highest BCUT2D eigenvalue weighted by atomic mass is 35.5. The van der Waals surface area contributed by atoms with Gasteiger partial charge in [-0.05, 0) is 66.8 Å². The predicted octanol–water partition coefficient (Wildman–Crippen LogP) is 6.07. The Morgan fingerprint density at radius 3 is 1.92 bits per heavy atom. The number of hydrogen-bond donors (Lipinski definition) is 7. The van der Waals surface area contributed by atoms with Gasteiger partial charge in [-0.25, -0.2) is 19.4 Å². The van der Waals surface area contributed by atoms with Crippen molar-refractivity contribution in [3.05, 3.63) is 70.4 Å². The number of fused-ring (bicyclic) bond motifs is 6.